The molecule has 0 aromatic heterocycles. The Bertz CT molecular complexity index is 1150. The van der Waals surface area contributed by atoms with E-state index in [1.54, 1.807) is 12.1 Å². The Morgan fingerprint density at radius 3 is 2.09 bits per heavy atom. The molecule has 0 radical (unpaired) electrons. The molecule has 10 nitrogen and oxygen atoms in total. The van der Waals surface area contributed by atoms with Crippen LogP contribution in [0.4, 0.5) is 0 Å². The highest BCUT2D eigenvalue weighted by Gasteiger charge is 2.24. The van der Waals surface area contributed by atoms with Crippen molar-refractivity contribution in [2.45, 2.75) is 16.7 Å². The lowest BCUT2D eigenvalue weighted by atomic mass is 10.2. The van der Waals surface area contributed by atoms with Gasteiger partial charge in [0.1, 0.15) is 0 Å². The summed E-state index contributed by atoms with van der Waals surface area (Å²) in [5, 5.41) is 2.49. The molecule has 2 rings (SSSR count). The van der Waals surface area contributed by atoms with Crippen LogP contribution in [0.15, 0.2) is 52.3 Å². The van der Waals surface area contributed by atoms with Crippen LogP contribution < -0.4 is 19.5 Å². The second kappa shape index (κ2) is 10.8. The summed E-state index contributed by atoms with van der Waals surface area (Å²) >= 11 is 0. The highest BCUT2D eigenvalue weighted by Crippen LogP contribution is 2.30. The lowest BCUT2D eigenvalue weighted by molar-refractivity contribution is -0.121. The summed E-state index contributed by atoms with van der Waals surface area (Å²) in [5.74, 6) is 0.0401. The van der Waals surface area contributed by atoms with Crippen molar-refractivity contribution in [3.05, 3.63) is 48.0 Å². The van der Waals surface area contributed by atoms with Gasteiger partial charge in [-0.05, 0) is 31.2 Å². The molecule has 0 unspecified atom stereocenters. The number of nitrogens with one attached hydrogen (secondary N) is 2. The van der Waals surface area contributed by atoms with Crippen molar-refractivity contribution in [3.63, 3.8) is 0 Å². The molecule has 0 aliphatic rings. The van der Waals surface area contributed by atoms with Gasteiger partial charge in [0.05, 0.1) is 30.6 Å². The molecule has 12 heteroatoms. The van der Waals surface area contributed by atoms with Gasteiger partial charge in [-0.25, -0.2) is 21.6 Å². The SMILES string of the molecule is COc1ccc(S(=O)(=O)N(C)CC(=O)NCCNS(=O)(=O)c2ccc(C)cc2)cc1OC. The predicted molar refractivity (Wildman–Crippen MR) is 119 cm³/mol. The molecule has 0 saturated heterocycles. The van der Waals surface area contributed by atoms with Crippen molar-refractivity contribution in [2.24, 2.45) is 0 Å². The molecule has 32 heavy (non-hydrogen) atoms. The molecule has 0 aliphatic heterocycles. The molecule has 1 amide bonds. The predicted octanol–water partition coefficient (Wildman–Crippen LogP) is 0.727. The lowest BCUT2D eigenvalue weighted by Crippen LogP contribution is -2.41. The van der Waals surface area contributed by atoms with E-state index in [1.807, 2.05) is 6.92 Å². The van der Waals surface area contributed by atoms with Crippen molar-refractivity contribution >= 4 is 26.0 Å². The van der Waals surface area contributed by atoms with Crippen LogP contribution in [0, 0.1) is 6.92 Å². The van der Waals surface area contributed by atoms with Crippen LogP contribution in [0.3, 0.4) is 0 Å². The van der Waals surface area contributed by atoms with E-state index in [4.69, 9.17) is 9.47 Å². The summed E-state index contributed by atoms with van der Waals surface area (Å²) in [4.78, 5) is 12.2. The molecule has 0 fully saturated rings. The monoisotopic (exact) mass is 485 g/mol. The molecule has 2 N–H and O–H groups in total. The normalized spacial score (nSPS) is 11.9. The number of likely N-dealkylation sites (N-methyl/N-ethyl adjacent to an activating group) is 1. The summed E-state index contributed by atoms with van der Waals surface area (Å²) in [7, 11) is -3.57. The first-order valence-corrected chi connectivity index (χ1v) is 12.4. The standard InChI is InChI=1S/C20H27N3O7S2/c1-15-5-7-16(8-6-15)31(25,26)22-12-11-21-20(24)14-23(2)32(27,28)17-9-10-18(29-3)19(13-17)30-4/h5-10,13,22H,11-12,14H2,1-4H3,(H,21,24). The average Bonchev–Trinajstić information content (AvgIpc) is 2.76. The first kappa shape index (κ1) is 25.6. The third kappa shape index (κ3) is 6.42. The van der Waals surface area contributed by atoms with E-state index in [2.05, 4.69) is 10.0 Å². The highest BCUT2D eigenvalue weighted by atomic mass is 32.2. The topological polar surface area (TPSA) is 131 Å². The molecule has 0 heterocycles. The van der Waals surface area contributed by atoms with E-state index in [9.17, 15) is 21.6 Å². The maximum atomic E-state index is 12.7. The number of carbonyl (C=O) groups excluding carboxylic acids is 1. The Labute approximate surface area is 188 Å². The number of aryl methyl sites for hydroxylation is 1. The maximum absolute atomic E-state index is 12.7. The number of hydrogen-bond acceptors (Lipinski definition) is 7. The van der Waals surface area contributed by atoms with Crippen LogP contribution in [0.5, 0.6) is 11.5 Å². The summed E-state index contributed by atoms with van der Waals surface area (Å²) in [6.45, 7) is 1.35. The number of sulfonamides is 2. The minimum absolute atomic E-state index is 0.00578. The highest BCUT2D eigenvalue weighted by molar-refractivity contribution is 7.89. The van der Waals surface area contributed by atoms with Gasteiger partial charge in [-0.1, -0.05) is 17.7 Å². The van der Waals surface area contributed by atoms with Gasteiger partial charge in [-0.3, -0.25) is 4.79 Å². The number of methoxy groups -OCH3 is 2. The van der Waals surface area contributed by atoms with Crippen LogP contribution in [0.2, 0.25) is 0 Å². The smallest absolute Gasteiger partial charge is 0.243 e. The van der Waals surface area contributed by atoms with E-state index in [0.717, 1.165) is 9.87 Å². The molecule has 2 aromatic rings. The number of carbonyl (C=O) groups is 1. The van der Waals surface area contributed by atoms with Crippen molar-refractivity contribution in [1.82, 2.24) is 14.3 Å². The van der Waals surface area contributed by atoms with Gasteiger partial charge < -0.3 is 14.8 Å². The molecule has 0 spiro atoms. The van der Waals surface area contributed by atoms with Crippen molar-refractivity contribution in [3.8, 4) is 11.5 Å². The van der Waals surface area contributed by atoms with Crippen molar-refractivity contribution in [1.29, 1.82) is 0 Å². The fraction of sp³-hybridized carbons (Fsp3) is 0.350. The fourth-order valence-electron chi connectivity index (χ4n) is 2.69. The lowest BCUT2D eigenvalue weighted by Gasteiger charge is -2.18. The second-order valence-corrected chi connectivity index (χ2v) is 10.7. The fourth-order valence-corrected chi connectivity index (χ4v) is 4.86. The van der Waals surface area contributed by atoms with Gasteiger partial charge in [0.25, 0.3) is 0 Å². The van der Waals surface area contributed by atoms with Gasteiger partial charge >= 0.3 is 0 Å². The largest absolute Gasteiger partial charge is 0.493 e. The third-order valence-corrected chi connectivity index (χ3v) is 7.78. The van der Waals surface area contributed by atoms with Crippen molar-refractivity contribution in [2.75, 3.05) is 40.9 Å². The number of ether oxygens (including phenoxy) is 2. The number of benzene rings is 2. The summed E-state index contributed by atoms with van der Waals surface area (Å²) in [5.41, 5.74) is 0.934. The minimum Gasteiger partial charge on any atom is -0.493 e. The zero-order chi connectivity index (χ0) is 23.9. The van der Waals surface area contributed by atoms with E-state index in [-0.39, 0.29) is 28.6 Å². The first-order valence-electron chi connectivity index (χ1n) is 9.52. The van der Waals surface area contributed by atoms with Gasteiger partial charge in [-0.15, -0.1) is 0 Å². The minimum atomic E-state index is -3.96. The van der Waals surface area contributed by atoms with Crippen LogP contribution in [-0.4, -0.2) is 67.9 Å². The molecule has 176 valence electrons. The van der Waals surface area contributed by atoms with E-state index in [1.165, 1.54) is 51.6 Å². The molecular formula is C20H27N3O7S2. The number of nitrogens with zero attached hydrogens (tertiary/aromatic N) is 1. The van der Waals surface area contributed by atoms with E-state index < -0.39 is 32.5 Å². The first-order chi connectivity index (χ1) is 15.0. The summed E-state index contributed by atoms with van der Waals surface area (Å²) in [6, 6.07) is 10.5. The second-order valence-electron chi connectivity index (χ2n) is 6.84. The maximum Gasteiger partial charge on any atom is 0.243 e. The number of hydrogen-bond donors (Lipinski definition) is 2. The van der Waals surface area contributed by atoms with Crippen LogP contribution in [-0.2, 0) is 24.8 Å². The number of rotatable bonds is 11. The van der Waals surface area contributed by atoms with Gasteiger partial charge in [0, 0.05) is 26.2 Å². The van der Waals surface area contributed by atoms with Crippen LogP contribution >= 0.6 is 0 Å². The summed E-state index contributed by atoms with van der Waals surface area (Å²) < 4.78 is 63.4. The van der Waals surface area contributed by atoms with Gasteiger partial charge in [0.2, 0.25) is 26.0 Å². The molecular weight excluding hydrogens is 458 g/mol. The third-order valence-electron chi connectivity index (χ3n) is 4.50. The Hall–Kier alpha value is -2.67. The Kier molecular flexibility index (Phi) is 8.61. The van der Waals surface area contributed by atoms with Crippen LogP contribution in [0.1, 0.15) is 5.56 Å². The Balaban J connectivity index is 1.90. The Morgan fingerprint density at radius 2 is 1.50 bits per heavy atom. The Morgan fingerprint density at radius 1 is 0.906 bits per heavy atom. The van der Waals surface area contributed by atoms with Gasteiger partial charge in [0.15, 0.2) is 11.5 Å². The molecule has 0 aliphatic carbocycles. The zero-order valence-corrected chi connectivity index (χ0v) is 19.9. The quantitative estimate of drug-likeness (QED) is 0.449. The zero-order valence-electron chi connectivity index (χ0n) is 18.3. The molecule has 0 atom stereocenters. The van der Waals surface area contributed by atoms with E-state index in [0.29, 0.717) is 5.75 Å². The van der Waals surface area contributed by atoms with Crippen molar-refractivity contribution < 1.29 is 31.1 Å². The molecule has 2 aromatic carbocycles. The summed E-state index contributed by atoms with van der Waals surface area (Å²) in [6.07, 6.45) is 0. The van der Waals surface area contributed by atoms with E-state index >= 15 is 0 Å². The van der Waals surface area contributed by atoms with Gasteiger partial charge in [-0.2, -0.15) is 4.31 Å². The molecule has 0 saturated carbocycles. The van der Waals surface area contributed by atoms with Crippen LogP contribution in [0.25, 0.3) is 0 Å². The average molecular weight is 486 g/mol. The molecule has 0 bridgehead atoms. The number of amides is 1.